The van der Waals surface area contributed by atoms with E-state index in [1.165, 1.54) is 66.4 Å². The van der Waals surface area contributed by atoms with Gasteiger partial charge >= 0.3 is 0 Å². The second kappa shape index (κ2) is 10.9. The van der Waals surface area contributed by atoms with Gasteiger partial charge in [-0.25, -0.2) is 17.2 Å². The van der Waals surface area contributed by atoms with Gasteiger partial charge in [-0.1, -0.05) is 42.5 Å². The van der Waals surface area contributed by atoms with Crippen LogP contribution in [0.5, 0.6) is 0 Å². The molecular weight excluding hydrogens is 494 g/mol. The van der Waals surface area contributed by atoms with E-state index in [9.17, 15) is 27.1 Å². The standard InChI is InChI=1S/C25H24F2N2O4S2/c26-19-9-5-18(6-10-19)23(13-15-30)28-24(31)25-29(14-16-34-25)35(32,33)20-11-7-17(8-12-20)21-3-1-2-4-22(21)27/h1-12,23,25,30H,13-16H2,(H,28,31)/t23-,25-/m0/s1. The summed E-state index contributed by atoms with van der Waals surface area (Å²) in [5.41, 5.74) is 1.51. The third kappa shape index (κ3) is 5.56. The number of amides is 1. The zero-order valence-electron chi connectivity index (χ0n) is 18.6. The summed E-state index contributed by atoms with van der Waals surface area (Å²) in [4.78, 5) is 13.1. The second-order valence-corrected chi connectivity index (χ2v) is 11.0. The Hall–Kier alpha value is -2.79. The summed E-state index contributed by atoms with van der Waals surface area (Å²) >= 11 is 1.20. The molecule has 10 heteroatoms. The Bertz CT molecular complexity index is 1290. The van der Waals surface area contributed by atoms with Crippen molar-refractivity contribution in [1.82, 2.24) is 9.62 Å². The third-order valence-electron chi connectivity index (χ3n) is 5.73. The number of rotatable bonds is 8. The lowest BCUT2D eigenvalue weighted by atomic mass is 10.0. The van der Waals surface area contributed by atoms with Gasteiger partial charge < -0.3 is 10.4 Å². The average molecular weight is 519 g/mol. The molecule has 1 heterocycles. The normalized spacial score (nSPS) is 17.3. The summed E-state index contributed by atoms with van der Waals surface area (Å²) in [6, 6.07) is 17.1. The summed E-state index contributed by atoms with van der Waals surface area (Å²) in [5, 5.41) is 11.2. The Morgan fingerprint density at radius 2 is 1.74 bits per heavy atom. The number of aliphatic hydroxyl groups is 1. The molecule has 0 aliphatic carbocycles. The van der Waals surface area contributed by atoms with Crippen molar-refractivity contribution in [2.24, 2.45) is 0 Å². The molecule has 3 aromatic carbocycles. The number of hydrogen-bond donors (Lipinski definition) is 2. The van der Waals surface area contributed by atoms with E-state index in [0.29, 0.717) is 22.4 Å². The van der Waals surface area contributed by atoms with E-state index in [-0.39, 0.29) is 24.5 Å². The van der Waals surface area contributed by atoms with E-state index < -0.39 is 39.0 Å². The van der Waals surface area contributed by atoms with Gasteiger partial charge in [0.25, 0.3) is 0 Å². The van der Waals surface area contributed by atoms with Gasteiger partial charge in [0, 0.05) is 24.5 Å². The molecule has 2 N–H and O–H groups in total. The van der Waals surface area contributed by atoms with Crippen molar-refractivity contribution in [2.45, 2.75) is 22.7 Å². The van der Waals surface area contributed by atoms with Crippen molar-refractivity contribution in [3.8, 4) is 11.1 Å². The van der Waals surface area contributed by atoms with E-state index in [1.807, 2.05) is 0 Å². The van der Waals surface area contributed by atoms with E-state index in [4.69, 9.17) is 0 Å². The average Bonchev–Trinajstić information content (AvgIpc) is 3.36. The SMILES string of the molecule is O=C(N[C@@H](CCO)c1ccc(F)cc1)[C@@H]1SCCN1S(=O)(=O)c1ccc(-c2ccccc2F)cc1. The summed E-state index contributed by atoms with van der Waals surface area (Å²) in [5.74, 6) is -0.907. The molecule has 1 fully saturated rings. The molecule has 1 aliphatic heterocycles. The molecule has 0 unspecified atom stereocenters. The number of benzene rings is 3. The van der Waals surface area contributed by atoms with Crippen LogP contribution in [0.1, 0.15) is 18.0 Å². The number of aliphatic hydroxyl groups excluding tert-OH is 1. The predicted molar refractivity (Wildman–Crippen MR) is 131 cm³/mol. The first-order valence-corrected chi connectivity index (χ1v) is 13.5. The van der Waals surface area contributed by atoms with Crippen LogP contribution in [0.2, 0.25) is 0 Å². The third-order valence-corrected chi connectivity index (χ3v) is 8.94. The van der Waals surface area contributed by atoms with Crippen LogP contribution in [0, 0.1) is 11.6 Å². The van der Waals surface area contributed by atoms with Gasteiger partial charge in [0.05, 0.1) is 10.9 Å². The molecule has 1 amide bonds. The van der Waals surface area contributed by atoms with Gasteiger partial charge in [0.2, 0.25) is 15.9 Å². The van der Waals surface area contributed by atoms with Gasteiger partial charge in [-0.05, 0) is 47.9 Å². The topological polar surface area (TPSA) is 86.7 Å². The number of carbonyl (C=O) groups excluding carboxylic acids is 1. The van der Waals surface area contributed by atoms with Crippen LogP contribution in [0.3, 0.4) is 0 Å². The monoisotopic (exact) mass is 518 g/mol. The van der Waals surface area contributed by atoms with Crippen LogP contribution in [-0.4, -0.2) is 48.0 Å². The van der Waals surface area contributed by atoms with Crippen LogP contribution in [0.4, 0.5) is 8.78 Å². The van der Waals surface area contributed by atoms with Crippen molar-refractivity contribution >= 4 is 27.7 Å². The van der Waals surface area contributed by atoms with Gasteiger partial charge in [0.15, 0.2) is 0 Å². The summed E-state index contributed by atoms with van der Waals surface area (Å²) in [6.45, 7) is -0.0577. The maximum atomic E-state index is 14.1. The Labute approximate surface area is 207 Å². The molecule has 35 heavy (non-hydrogen) atoms. The molecule has 0 aromatic heterocycles. The number of carbonyl (C=O) groups is 1. The van der Waals surface area contributed by atoms with E-state index >= 15 is 0 Å². The Balaban J connectivity index is 1.53. The smallest absolute Gasteiger partial charge is 0.249 e. The minimum absolute atomic E-state index is 0.00309. The Kier molecular flexibility index (Phi) is 7.85. The number of halogens is 2. The second-order valence-electron chi connectivity index (χ2n) is 7.97. The molecule has 0 radical (unpaired) electrons. The molecule has 3 aromatic rings. The highest BCUT2D eigenvalue weighted by molar-refractivity contribution is 8.02. The highest BCUT2D eigenvalue weighted by Gasteiger charge is 2.40. The van der Waals surface area contributed by atoms with E-state index in [0.717, 1.165) is 4.31 Å². The summed E-state index contributed by atoms with van der Waals surface area (Å²) < 4.78 is 55.3. The van der Waals surface area contributed by atoms with Gasteiger partial charge in [-0.15, -0.1) is 11.8 Å². The number of thioether (sulfide) groups is 1. The number of sulfonamides is 1. The largest absolute Gasteiger partial charge is 0.396 e. The molecule has 2 atom stereocenters. The van der Waals surface area contributed by atoms with Crippen LogP contribution >= 0.6 is 11.8 Å². The molecule has 0 bridgehead atoms. The highest BCUT2D eigenvalue weighted by atomic mass is 32.2. The number of hydrogen-bond acceptors (Lipinski definition) is 5. The van der Waals surface area contributed by atoms with Crippen molar-refractivity contribution in [3.05, 3.63) is 90.0 Å². The summed E-state index contributed by atoms with van der Waals surface area (Å²) in [6.07, 6.45) is 0.193. The van der Waals surface area contributed by atoms with Crippen LogP contribution in [0.25, 0.3) is 11.1 Å². The first kappa shape index (κ1) is 25.3. The van der Waals surface area contributed by atoms with Crippen LogP contribution in [-0.2, 0) is 14.8 Å². The lowest BCUT2D eigenvalue weighted by molar-refractivity contribution is -0.123. The quantitative estimate of drug-likeness (QED) is 0.472. The number of nitrogens with one attached hydrogen (secondary N) is 1. The van der Waals surface area contributed by atoms with Crippen LogP contribution in [0.15, 0.2) is 77.7 Å². The first-order valence-electron chi connectivity index (χ1n) is 11.0. The fourth-order valence-corrected chi connectivity index (χ4v) is 7.02. The van der Waals surface area contributed by atoms with Gasteiger partial charge in [0.1, 0.15) is 17.0 Å². The lowest BCUT2D eigenvalue weighted by Crippen LogP contribution is -2.45. The molecule has 184 valence electrons. The van der Waals surface area contributed by atoms with Crippen molar-refractivity contribution < 1.29 is 27.1 Å². The maximum absolute atomic E-state index is 14.1. The Morgan fingerprint density at radius 1 is 1.06 bits per heavy atom. The minimum Gasteiger partial charge on any atom is -0.396 e. The molecule has 6 nitrogen and oxygen atoms in total. The zero-order chi connectivity index (χ0) is 25.0. The zero-order valence-corrected chi connectivity index (χ0v) is 20.2. The van der Waals surface area contributed by atoms with E-state index in [1.54, 1.807) is 18.2 Å². The van der Waals surface area contributed by atoms with Crippen molar-refractivity contribution in [3.63, 3.8) is 0 Å². The lowest BCUT2D eigenvalue weighted by Gasteiger charge is -2.25. The molecular formula is C25H24F2N2O4S2. The van der Waals surface area contributed by atoms with Crippen molar-refractivity contribution in [2.75, 3.05) is 18.9 Å². The van der Waals surface area contributed by atoms with Gasteiger partial charge in [-0.2, -0.15) is 4.31 Å². The molecule has 0 spiro atoms. The molecule has 1 saturated heterocycles. The Morgan fingerprint density at radius 3 is 2.40 bits per heavy atom. The summed E-state index contributed by atoms with van der Waals surface area (Å²) in [7, 11) is -4.00. The molecule has 4 rings (SSSR count). The molecule has 0 saturated carbocycles. The fourth-order valence-electron chi connectivity index (χ4n) is 3.93. The highest BCUT2D eigenvalue weighted by Crippen LogP contribution is 2.32. The maximum Gasteiger partial charge on any atom is 0.249 e. The predicted octanol–water partition coefficient (Wildman–Crippen LogP) is 3.94. The first-order chi connectivity index (χ1) is 16.8. The number of nitrogens with zero attached hydrogens (tertiary/aromatic N) is 1. The van der Waals surface area contributed by atoms with E-state index in [2.05, 4.69) is 5.32 Å². The minimum atomic E-state index is -4.00. The van der Waals surface area contributed by atoms with Crippen LogP contribution < -0.4 is 5.32 Å². The van der Waals surface area contributed by atoms with Crippen molar-refractivity contribution in [1.29, 1.82) is 0 Å². The van der Waals surface area contributed by atoms with Gasteiger partial charge in [-0.3, -0.25) is 4.79 Å². The fraction of sp³-hybridized carbons (Fsp3) is 0.240. The molecule has 1 aliphatic rings.